The Balaban J connectivity index is 1.36. The van der Waals surface area contributed by atoms with Gasteiger partial charge in [-0.15, -0.1) is 0 Å². The molecule has 2 amide bonds. The molecule has 3 fully saturated rings. The number of nitrogens with one attached hydrogen (secondary N) is 1. The number of methoxy groups -OCH3 is 1. The molecule has 1 aromatic rings. The van der Waals surface area contributed by atoms with E-state index in [4.69, 9.17) is 4.74 Å². The minimum Gasteiger partial charge on any atom is -0.465 e. The van der Waals surface area contributed by atoms with Crippen LogP contribution in [0.3, 0.4) is 0 Å². The number of fused-ring (bicyclic) bond motifs is 6. The van der Waals surface area contributed by atoms with Gasteiger partial charge in [-0.3, -0.25) is 4.90 Å². The number of esters is 1. The smallest absolute Gasteiger partial charge is 0.337 e. The lowest BCUT2D eigenvalue weighted by Crippen LogP contribution is -2.60. The number of nitrogens with zero attached hydrogens (tertiary/aromatic N) is 2. The van der Waals surface area contributed by atoms with Crippen molar-refractivity contribution in [1.29, 1.82) is 0 Å². The molecular formula is C24H31N3O3. The van der Waals surface area contributed by atoms with E-state index in [-0.39, 0.29) is 12.1 Å². The SMILES string of the molecule is COC(=O)c1cccc(NC(=O)N2CCCC3=C[C@H]4C[C@@H](CN5CCCC[C@H]45)[C@@H]32)c1. The van der Waals surface area contributed by atoms with Crippen LogP contribution in [0.1, 0.15) is 48.9 Å². The molecule has 6 heteroatoms. The number of hydrogen-bond donors (Lipinski definition) is 1. The van der Waals surface area contributed by atoms with Crippen molar-refractivity contribution in [3.63, 3.8) is 0 Å². The second-order valence-electron chi connectivity index (χ2n) is 9.20. The Morgan fingerprint density at radius 3 is 2.93 bits per heavy atom. The summed E-state index contributed by atoms with van der Waals surface area (Å²) in [6.45, 7) is 3.11. The van der Waals surface area contributed by atoms with Gasteiger partial charge < -0.3 is 15.0 Å². The van der Waals surface area contributed by atoms with E-state index < -0.39 is 5.97 Å². The normalized spacial score (nSPS) is 30.6. The minimum atomic E-state index is -0.397. The van der Waals surface area contributed by atoms with E-state index in [1.165, 1.54) is 44.9 Å². The Hall–Kier alpha value is -2.34. The molecule has 4 aliphatic rings. The topological polar surface area (TPSA) is 61.9 Å². The summed E-state index contributed by atoms with van der Waals surface area (Å²) in [6, 6.07) is 7.83. The second kappa shape index (κ2) is 8.06. The van der Waals surface area contributed by atoms with Crippen LogP contribution in [0.2, 0.25) is 0 Å². The Morgan fingerprint density at radius 1 is 1.17 bits per heavy atom. The van der Waals surface area contributed by atoms with Gasteiger partial charge in [0.1, 0.15) is 0 Å². The predicted molar refractivity (Wildman–Crippen MR) is 115 cm³/mol. The fourth-order valence-electron chi connectivity index (χ4n) is 6.24. The number of piperidine rings is 3. The zero-order valence-corrected chi connectivity index (χ0v) is 17.7. The van der Waals surface area contributed by atoms with E-state index in [9.17, 15) is 9.59 Å². The van der Waals surface area contributed by atoms with Crippen molar-refractivity contribution in [2.45, 2.75) is 50.6 Å². The monoisotopic (exact) mass is 409 g/mol. The summed E-state index contributed by atoms with van der Waals surface area (Å²) >= 11 is 0. The van der Waals surface area contributed by atoms with Crippen LogP contribution in [0.25, 0.3) is 0 Å². The Bertz CT molecular complexity index is 867. The standard InChI is InChI=1S/C24H31N3O3/c1-30-23(28)17-6-4-8-20(14-17)25-24(29)27-11-5-7-16-12-18-13-19(22(16)27)15-26-10-3-2-9-21(18)26/h4,6,8,12,14,18-19,21-22H,2-3,5,7,9-11,13,15H2,1H3,(H,25,29)/t18-,19-,21+,22+/m0/s1. The molecule has 0 saturated carbocycles. The van der Waals surface area contributed by atoms with E-state index in [1.807, 2.05) is 11.0 Å². The molecule has 3 saturated heterocycles. The summed E-state index contributed by atoms with van der Waals surface area (Å²) in [5.74, 6) is 0.790. The first-order chi connectivity index (χ1) is 14.6. The summed E-state index contributed by atoms with van der Waals surface area (Å²) in [5, 5.41) is 3.03. The van der Waals surface area contributed by atoms with Crippen molar-refractivity contribution < 1.29 is 14.3 Å². The molecule has 1 aromatic carbocycles. The fourth-order valence-corrected chi connectivity index (χ4v) is 6.24. The molecule has 160 valence electrons. The number of benzene rings is 1. The van der Waals surface area contributed by atoms with Gasteiger partial charge in [0.15, 0.2) is 0 Å². The highest BCUT2D eigenvalue weighted by Crippen LogP contribution is 2.45. The van der Waals surface area contributed by atoms with Crippen LogP contribution in [-0.4, -0.2) is 60.6 Å². The number of carbonyl (C=O) groups excluding carboxylic acids is 2. The highest BCUT2D eigenvalue weighted by Gasteiger charge is 2.46. The third-order valence-corrected chi connectivity index (χ3v) is 7.45. The molecule has 3 heterocycles. The first-order valence-corrected chi connectivity index (χ1v) is 11.3. The van der Waals surface area contributed by atoms with E-state index in [1.54, 1.807) is 18.2 Å². The molecule has 5 rings (SSSR count). The maximum absolute atomic E-state index is 13.3. The van der Waals surface area contributed by atoms with Crippen LogP contribution < -0.4 is 5.32 Å². The van der Waals surface area contributed by atoms with Crippen LogP contribution in [0.4, 0.5) is 10.5 Å². The van der Waals surface area contributed by atoms with Gasteiger partial charge in [0.25, 0.3) is 0 Å². The third-order valence-electron chi connectivity index (χ3n) is 7.45. The quantitative estimate of drug-likeness (QED) is 0.594. The number of likely N-dealkylation sites (tertiary alicyclic amines) is 1. The Kier molecular flexibility index (Phi) is 5.27. The van der Waals surface area contributed by atoms with E-state index in [0.717, 1.165) is 25.9 Å². The van der Waals surface area contributed by atoms with Crippen molar-refractivity contribution in [1.82, 2.24) is 9.80 Å². The molecule has 0 aromatic heterocycles. The lowest BCUT2D eigenvalue weighted by Gasteiger charge is -2.54. The van der Waals surface area contributed by atoms with Crippen LogP contribution in [0, 0.1) is 11.8 Å². The zero-order valence-electron chi connectivity index (χ0n) is 17.7. The lowest BCUT2D eigenvalue weighted by molar-refractivity contribution is 0.00908. The van der Waals surface area contributed by atoms with E-state index in [0.29, 0.717) is 29.1 Å². The number of ether oxygens (including phenoxy) is 1. The van der Waals surface area contributed by atoms with Crippen molar-refractivity contribution in [2.75, 3.05) is 32.1 Å². The Morgan fingerprint density at radius 2 is 2.07 bits per heavy atom. The highest BCUT2D eigenvalue weighted by molar-refractivity contribution is 5.94. The summed E-state index contributed by atoms with van der Waals surface area (Å²) < 4.78 is 4.80. The van der Waals surface area contributed by atoms with E-state index >= 15 is 0 Å². The average Bonchev–Trinajstić information content (AvgIpc) is 2.78. The van der Waals surface area contributed by atoms with Crippen LogP contribution in [0.15, 0.2) is 35.9 Å². The van der Waals surface area contributed by atoms with E-state index in [2.05, 4.69) is 16.3 Å². The minimum absolute atomic E-state index is 0.0631. The number of rotatable bonds is 2. The van der Waals surface area contributed by atoms with Crippen molar-refractivity contribution in [3.8, 4) is 0 Å². The molecule has 2 bridgehead atoms. The second-order valence-corrected chi connectivity index (χ2v) is 9.20. The number of carbonyl (C=O) groups is 2. The Labute approximate surface area is 178 Å². The van der Waals surface area contributed by atoms with Gasteiger partial charge in [-0.05, 0) is 68.7 Å². The first kappa shape index (κ1) is 19.6. The molecule has 0 spiro atoms. The maximum Gasteiger partial charge on any atom is 0.337 e. The largest absolute Gasteiger partial charge is 0.465 e. The fraction of sp³-hybridized carbons (Fsp3) is 0.583. The maximum atomic E-state index is 13.3. The van der Waals surface area contributed by atoms with Gasteiger partial charge in [-0.2, -0.15) is 0 Å². The summed E-state index contributed by atoms with van der Waals surface area (Å²) in [4.78, 5) is 29.8. The van der Waals surface area contributed by atoms with Crippen LogP contribution in [-0.2, 0) is 4.74 Å². The average molecular weight is 410 g/mol. The number of anilines is 1. The highest BCUT2D eigenvalue weighted by atomic mass is 16.5. The molecule has 4 atom stereocenters. The number of hydrogen-bond acceptors (Lipinski definition) is 4. The van der Waals surface area contributed by atoms with Gasteiger partial charge >= 0.3 is 12.0 Å². The van der Waals surface area contributed by atoms with Gasteiger partial charge in [0.2, 0.25) is 0 Å². The molecule has 1 N–H and O–H groups in total. The van der Waals surface area contributed by atoms with Crippen molar-refractivity contribution >= 4 is 17.7 Å². The zero-order chi connectivity index (χ0) is 20.7. The van der Waals surface area contributed by atoms with Crippen molar-refractivity contribution in [2.24, 2.45) is 11.8 Å². The molecule has 0 radical (unpaired) electrons. The lowest BCUT2D eigenvalue weighted by atomic mass is 9.68. The number of urea groups is 1. The number of amides is 2. The van der Waals surface area contributed by atoms with Gasteiger partial charge in [-0.25, -0.2) is 9.59 Å². The molecule has 1 aliphatic carbocycles. The van der Waals surface area contributed by atoms with Crippen LogP contribution in [0.5, 0.6) is 0 Å². The van der Waals surface area contributed by atoms with Crippen LogP contribution >= 0.6 is 0 Å². The molecule has 0 unspecified atom stereocenters. The summed E-state index contributed by atoms with van der Waals surface area (Å²) in [6.07, 6.45) is 9.86. The summed E-state index contributed by atoms with van der Waals surface area (Å²) in [5.41, 5.74) is 2.55. The molecule has 30 heavy (non-hydrogen) atoms. The summed E-state index contributed by atoms with van der Waals surface area (Å²) in [7, 11) is 1.36. The van der Waals surface area contributed by atoms with Gasteiger partial charge in [0, 0.05) is 24.8 Å². The predicted octanol–water partition coefficient (Wildman–Crippen LogP) is 3.90. The third kappa shape index (κ3) is 3.51. The molecule has 6 nitrogen and oxygen atoms in total. The molecule has 3 aliphatic heterocycles. The first-order valence-electron chi connectivity index (χ1n) is 11.3. The van der Waals surface area contributed by atoms with Gasteiger partial charge in [-0.1, -0.05) is 24.1 Å². The van der Waals surface area contributed by atoms with Gasteiger partial charge in [0.05, 0.1) is 18.7 Å². The molecular weight excluding hydrogens is 378 g/mol. The van der Waals surface area contributed by atoms with Crippen molar-refractivity contribution in [3.05, 3.63) is 41.5 Å².